The molecule has 0 unspecified atom stereocenters. The number of hydrogen-bond acceptors (Lipinski definition) is 4. The van der Waals surface area contributed by atoms with Crippen LogP contribution in [0.15, 0.2) is 5.16 Å². The van der Waals surface area contributed by atoms with Crippen molar-refractivity contribution in [2.45, 2.75) is 50.7 Å². The van der Waals surface area contributed by atoms with Crippen LogP contribution in [0.5, 0.6) is 0 Å². The lowest BCUT2D eigenvalue weighted by molar-refractivity contribution is 0.302. The summed E-state index contributed by atoms with van der Waals surface area (Å²) in [6, 6.07) is -0.0106. The van der Waals surface area contributed by atoms with E-state index in [0.29, 0.717) is 5.92 Å². The Morgan fingerprint density at radius 3 is 2.47 bits per heavy atom. The summed E-state index contributed by atoms with van der Waals surface area (Å²) in [5.74, 6) is 1.34. The maximum Gasteiger partial charge on any atom is 0.296 e. The first-order valence-corrected chi connectivity index (χ1v) is 8.09. The molecule has 0 radical (unpaired) electrons. The van der Waals surface area contributed by atoms with E-state index in [1.807, 2.05) is 13.8 Å². The van der Waals surface area contributed by atoms with Crippen molar-refractivity contribution in [3.05, 3.63) is 5.82 Å². The number of hydrogen-bond donors (Lipinski definition) is 0. The van der Waals surface area contributed by atoms with Crippen molar-refractivity contribution in [3.63, 3.8) is 0 Å². The Kier molecular flexibility index (Phi) is 3.45. The SMILES string of the molecule is CC(C)n1c(CC2CCC2)nnc1S(=O)(=O)Cl. The number of aromatic nitrogens is 3. The van der Waals surface area contributed by atoms with E-state index in [-0.39, 0.29) is 11.2 Å². The van der Waals surface area contributed by atoms with E-state index in [9.17, 15) is 8.42 Å². The molecule has 1 heterocycles. The topological polar surface area (TPSA) is 64.8 Å². The van der Waals surface area contributed by atoms with Gasteiger partial charge in [-0.3, -0.25) is 4.57 Å². The van der Waals surface area contributed by atoms with Crippen LogP contribution in [0.4, 0.5) is 0 Å². The molecule has 0 aromatic carbocycles. The molecule has 1 fully saturated rings. The van der Waals surface area contributed by atoms with E-state index in [0.717, 1.165) is 12.2 Å². The molecule has 17 heavy (non-hydrogen) atoms. The van der Waals surface area contributed by atoms with Crippen LogP contribution in [0.25, 0.3) is 0 Å². The summed E-state index contributed by atoms with van der Waals surface area (Å²) in [7, 11) is 1.53. The van der Waals surface area contributed by atoms with Gasteiger partial charge in [-0.15, -0.1) is 10.2 Å². The highest BCUT2D eigenvalue weighted by Crippen LogP contribution is 2.30. The second-order valence-corrected chi connectivity index (χ2v) is 7.26. The molecule has 5 nitrogen and oxygen atoms in total. The maximum absolute atomic E-state index is 11.4. The second-order valence-electron chi connectivity index (χ2n) is 4.80. The predicted molar refractivity (Wildman–Crippen MR) is 64.5 cm³/mol. The van der Waals surface area contributed by atoms with Crippen LogP contribution >= 0.6 is 10.7 Å². The van der Waals surface area contributed by atoms with Crippen LogP contribution in [0.1, 0.15) is 45.0 Å². The fourth-order valence-electron chi connectivity index (χ4n) is 2.09. The van der Waals surface area contributed by atoms with Gasteiger partial charge in [0.15, 0.2) is 0 Å². The van der Waals surface area contributed by atoms with Crippen LogP contribution in [0.2, 0.25) is 0 Å². The van der Waals surface area contributed by atoms with Crippen molar-refractivity contribution in [2.75, 3.05) is 0 Å². The first-order valence-electron chi connectivity index (χ1n) is 5.78. The van der Waals surface area contributed by atoms with Crippen LogP contribution in [0.3, 0.4) is 0 Å². The minimum absolute atomic E-state index is 0.0106. The monoisotopic (exact) mass is 277 g/mol. The average Bonchev–Trinajstić information content (AvgIpc) is 2.53. The second kappa shape index (κ2) is 4.57. The minimum atomic E-state index is -3.82. The first kappa shape index (κ1) is 12.8. The average molecular weight is 278 g/mol. The molecule has 1 aliphatic rings. The molecule has 0 bridgehead atoms. The van der Waals surface area contributed by atoms with Crippen molar-refractivity contribution in [1.82, 2.24) is 14.8 Å². The van der Waals surface area contributed by atoms with Gasteiger partial charge in [-0.2, -0.15) is 0 Å². The summed E-state index contributed by atoms with van der Waals surface area (Å²) < 4.78 is 24.4. The Bertz CT molecular complexity index is 506. The molecule has 1 aliphatic carbocycles. The zero-order chi connectivity index (χ0) is 12.6. The molecule has 1 saturated carbocycles. The van der Waals surface area contributed by atoms with Gasteiger partial charge in [0, 0.05) is 23.1 Å². The van der Waals surface area contributed by atoms with Crippen molar-refractivity contribution >= 4 is 19.7 Å². The Balaban J connectivity index is 2.35. The van der Waals surface area contributed by atoms with Gasteiger partial charge in [-0.1, -0.05) is 19.3 Å². The van der Waals surface area contributed by atoms with Gasteiger partial charge in [0.05, 0.1) is 0 Å². The third-order valence-corrected chi connectivity index (χ3v) is 4.29. The van der Waals surface area contributed by atoms with E-state index < -0.39 is 9.05 Å². The normalized spacial score (nSPS) is 17.4. The van der Waals surface area contributed by atoms with E-state index in [1.54, 1.807) is 4.57 Å². The summed E-state index contributed by atoms with van der Waals surface area (Å²) in [5.41, 5.74) is 0. The molecular weight excluding hydrogens is 262 g/mol. The smallest absolute Gasteiger partial charge is 0.296 e. The number of rotatable bonds is 4. The van der Waals surface area contributed by atoms with Gasteiger partial charge in [-0.25, -0.2) is 8.42 Å². The van der Waals surface area contributed by atoms with Gasteiger partial charge >= 0.3 is 0 Å². The van der Waals surface area contributed by atoms with Crippen LogP contribution in [-0.4, -0.2) is 23.2 Å². The summed E-state index contributed by atoms with van der Waals surface area (Å²) in [6.45, 7) is 3.80. The fraction of sp³-hybridized carbons (Fsp3) is 0.800. The van der Waals surface area contributed by atoms with Crippen molar-refractivity contribution in [2.24, 2.45) is 5.92 Å². The van der Waals surface area contributed by atoms with Crippen LogP contribution in [-0.2, 0) is 15.5 Å². The van der Waals surface area contributed by atoms with E-state index in [2.05, 4.69) is 10.2 Å². The van der Waals surface area contributed by atoms with Crippen LogP contribution in [0, 0.1) is 5.92 Å². The zero-order valence-electron chi connectivity index (χ0n) is 9.93. The maximum atomic E-state index is 11.4. The highest BCUT2D eigenvalue weighted by molar-refractivity contribution is 8.13. The summed E-state index contributed by atoms with van der Waals surface area (Å²) >= 11 is 0. The van der Waals surface area contributed by atoms with Crippen molar-refractivity contribution in [1.29, 1.82) is 0 Å². The molecule has 96 valence electrons. The lowest BCUT2D eigenvalue weighted by Crippen LogP contribution is -2.19. The fourth-order valence-corrected chi connectivity index (χ4v) is 3.09. The van der Waals surface area contributed by atoms with E-state index in [4.69, 9.17) is 10.7 Å². The van der Waals surface area contributed by atoms with Gasteiger partial charge in [0.1, 0.15) is 5.82 Å². The molecule has 1 aromatic rings. The largest absolute Gasteiger partial charge is 0.298 e. The van der Waals surface area contributed by atoms with E-state index in [1.165, 1.54) is 19.3 Å². The van der Waals surface area contributed by atoms with E-state index >= 15 is 0 Å². The molecule has 0 amide bonds. The Morgan fingerprint density at radius 2 is 2.06 bits per heavy atom. The summed E-state index contributed by atoms with van der Waals surface area (Å²) in [6.07, 6.45) is 4.42. The summed E-state index contributed by atoms with van der Waals surface area (Å²) in [5, 5.41) is 7.55. The zero-order valence-corrected chi connectivity index (χ0v) is 11.5. The van der Waals surface area contributed by atoms with Gasteiger partial charge in [0.2, 0.25) is 0 Å². The Labute approximate surface area is 106 Å². The van der Waals surface area contributed by atoms with Crippen molar-refractivity contribution < 1.29 is 8.42 Å². The first-order chi connectivity index (χ1) is 7.89. The summed E-state index contributed by atoms with van der Waals surface area (Å²) in [4.78, 5) is 0. The highest BCUT2D eigenvalue weighted by Gasteiger charge is 2.27. The predicted octanol–water partition coefficient (Wildman–Crippen LogP) is 2.13. The lowest BCUT2D eigenvalue weighted by atomic mass is 9.83. The number of halogens is 1. The highest BCUT2D eigenvalue weighted by atomic mass is 35.7. The third kappa shape index (κ3) is 2.63. The standard InChI is InChI=1S/C10H16ClN3O2S/c1-7(2)14-9(6-8-4-3-5-8)12-13-10(14)17(11,15)16/h7-8H,3-6H2,1-2H3. The third-order valence-electron chi connectivity index (χ3n) is 3.17. The number of nitrogens with zero attached hydrogens (tertiary/aromatic N) is 3. The molecular formula is C10H16ClN3O2S. The Morgan fingerprint density at radius 1 is 1.41 bits per heavy atom. The molecule has 2 rings (SSSR count). The Hall–Kier alpha value is -0.620. The molecule has 0 aliphatic heterocycles. The molecule has 1 aromatic heterocycles. The van der Waals surface area contributed by atoms with Gasteiger partial charge in [0.25, 0.3) is 14.2 Å². The molecule has 0 saturated heterocycles. The quantitative estimate of drug-likeness (QED) is 0.791. The molecule has 0 spiro atoms. The molecule has 0 atom stereocenters. The molecule has 0 N–H and O–H groups in total. The minimum Gasteiger partial charge on any atom is -0.298 e. The van der Waals surface area contributed by atoms with Crippen molar-refractivity contribution in [3.8, 4) is 0 Å². The van der Waals surface area contributed by atoms with Gasteiger partial charge < -0.3 is 0 Å². The van der Waals surface area contributed by atoms with Crippen LogP contribution < -0.4 is 0 Å². The van der Waals surface area contributed by atoms with Gasteiger partial charge in [-0.05, 0) is 19.8 Å². The lowest BCUT2D eigenvalue weighted by Gasteiger charge is -2.25. The molecule has 7 heteroatoms.